The first kappa shape index (κ1) is 8.81. The van der Waals surface area contributed by atoms with E-state index < -0.39 is 0 Å². The van der Waals surface area contributed by atoms with Crippen LogP contribution in [0.4, 0.5) is 5.69 Å². The van der Waals surface area contributed by atoms with Crippen LogP contribution in [0.2, 0.25) is 0 Å². The molecule has 0 amide bonds. The molecule has 0 saturated heterocycles. The van der Waals surface area contributed by atoms with E-state index in [0.29, 0.717) is 0 Å². The van der Waals surface area contributed by atoms with E-state index in [4.69, 9.17) is 5.73 Å². The van der Waals surface area contributed by atoms with Crippen molar-refractivity contribution in [2.24, 2.45) is 0 Å². The van der Waals surface area contributed by atoms with E-state index in [1.807, 2.05) is 48.1 Å². The van der Waals surface area contributed by atoms with Crippen LogP contribution in [0.15, 0.2) is 36.5 Å². The number of aryl methyl sites for hydroxylation is 1. The molecule has 1 heterocycles. The predicted octanol–water partition coefficient (Wildman–Crippen LogP) is 1.82. The Kier molecular flexibility index (Phi) is 2.23. The Morgan fingerprint density at radius 1 is 1.36 bits per heavy atom. The van der Waals surface area contributed by atoms with Gasteiger partial charge in [-0.25, -0.2) is 0 Å². The minimum Gasteiger partial charge on any atom is -0.399 e. The van der Waals surface area contributed by atoms with Gasteiger partial charge in [0, 0.05) is 11.9 Å². The van der Waals surface area contributed by atoms with Gasteiger partial charge in [0.15, 0.2) is 0 Å². The molecule has 14 heavy (non-hydrogen) atoms. The van der Waals surface area contributed by atoms with Gasteiger partial charge in [0.05, 0.1) is 12.2 Å². The summed E-state index contributed by atoms with van der Waals surface area (Å²) in [5, 5.41) is 4.31. The number of benzene rings is 1. The number of nitrogens with two attached hydrogens (primary N) is 1. The van der Waals surface area contributed by atoms with Crippen LogP contribution in [0.3, 0.4) is 0 Å². The zero-order valence-corrected chi connectivity index (χ0v) is 8.14. The highest BCUT2D eigenvalue weighted by atomic mass is 15.3. The number of rotatable bonds is 2. The lowest BCUT2D eigenvalue weighted by molar-refractivity contribution is 0.680. The lowest BCUT2D eigenvalue weighted by Gasteiger charge is -2.02. The lowest BCUT2D eigenvalue weighted by Crippen LogP contribution is -2.00. The van der Waals surface area contributed by atoms with Gasteiger partial charge in [0.25, 0.3) is 0 Å². The van der Waals surface area contributed by atoms with Crippen LogP contribution < -0.4 is 5.73 Å². The average Bonchev–Trinajstić information content (AvgIpc) is 2.51. The summed E-state index contributed by atoms with van der Waals surface area (Å²) < 4.78 is 1.91. The van der Waals surface area contributed by atoms with E-state index in [2.05, 4.69) is 5.10 Å². The van der Waals surface area contributed by atoms with Gasteiger partial charge < -0.3 is 5.73 Å². The first-order chi connectivity index (χ1) is 6.74. The van der Waals surface area contributed by atoms with Gasteiger partial charge in [-0.2, -0.15) is 5.10 Å². The summed E-state index contributed by atoms with van der Waals surface area (Å²) in [6.45, 7) is 2.76. The molecule has 3 heteroatoms. The van der Waals surface area contributed by atoms with Crippen molar-refractivity contribution in [1.82, 2.24) is 9.78 Å². The number of nitrogen functional groups attached to an aromatic ring is 1. The molecular weight excluding hydrogens is 174 g/mol. The Bertz CT molecular complexity index is 432. The Morgan fingerprint density at radius 3 is 2.86 bits per heavy atom. The quantitative estimate of drug-likeness (QED) is 0.729. The molecule has 0 spiro atoms. The second-order valence-corrected chi connectivity index (χ2v) is 3.40. The van der Waals surface area contributed by atoms with Gasteiger partial charge in [-0.1, -0.05) is 12.1 Å². The third-order valence-electron chi connectivity index (χ3n) is 2.07. The molecule has 3 nitrogen and oxygen atoms in total. The Labute approximate surface area is 83.2 Å². The second-order valence-electron chi connectivity index (χ2n) is 3.40. The van der Waals surface area contributed by atoms with E-state index in [-0.39, 0.29) is 0 Å². The van der Waals surface area contributed by atoms with Crippen LogP contribution in [0, 0.1) is 6.92 Å². The molecule has 0 atom stereocenters. The molecule has 1 aromatic carbocycles. The van der Waals surface area contributed by atoms with Gasteiger partial charge >= 0.3 is 0 Å². The zero-order chi connectivity index (χ0) is 9.97. The molecule has 0 aliphatic rings. The molecule has 0 bridgehead atoms. The summed E-state index contributed by atoms with van der Waals surface area (Å²) in [7, 11) is 0. The average molecular weight is 187 g/mol. The zero-order valence-electron chi connectivity index (χ0n) is 8.14. The summed E-state index contributed by atoms with van der Waals surface area (Å²) in [5.74, 6) is 0. The largest absolute Gasteiger partial charge is 0.399 e. The molecule has 2 N–H and O–H groups in total. The maximum absolute atomic E-state index is 5.69. The first-order valence-electron chi connectivity index (χ1n) is 4.58. The molecule has 0 aliphatic carbocycles. The van der Waals surface area contributed by atoms with Crippen molar-refractivity contribution >= 4 is 5.69 Å². The van der Waals surface area contributed by atoms with Crippen molar-refractivity contribution in [3.63, 3.8) is 0 Å². The molecule has 0 radical (unpaired) electrons. The summed E-state index contributed by atoms with van der Waals surface area (Å²) in [5.41, 5.74) is 8.70. The number of nitrogens with zero attached hydrogens (tertiary/aromatic N) is 2. The summed E-state index contributed by atoms with van der Waals surface area (Å²) >= 11 is 0. The van der Waals surface area contributed by atoms with Crippen molar-refractivity contribution in [1.29, 1.82) is 0 Å². The highest BCUT2D eigenvalue weighted by Crippen LogP contribution is 2.08. The normalized spacial score (nSPS) is 10.4. The maximum atomic E-state index is 5.69. The molecule has 0 fully saturated rings. The SMILES string of the molecule is Cc1ccn(Cc2cccc(N)c2)n1. The maximum Gasteiger partial charge on any atom is 0.0660 e. The Balaban J connectivity index is 2.18. The topological polar surface area (TPSA) is 43.8 Å². The Morgan fingerprint density at radius 2 is 2.21 bits per heavy atom. The summed E-state index contributed by atoms with van der Waals surface area (Å²) in [4.78, 5) is 0. The monoisotopic (exact) mass is 187 g/mol. The van der Waals surface area contributed by atoms with Crippen LogP contribution in [-0.4, -0.2) is 9.78 Å². The van der Waals surface area contributed by atoms with Crippen molar-refractivity contribution in [3.05, 3.63) is 47.8 Å². The standard InChI is InChI=1S/C11H13N3/c1-9-5-6-14(13-9)8-10-3-2-4-11(12)7-10/h2-7H,8,12H2,1H3. The summed E-state index contributed by atoms with van der Waals surface area (Å²) in [6, 6.07) is 9.86. The van der Waals surface area contributed by atoms with E-state index >= 15 is 0 Å². The smallest absolute Gasteiger partial charge is 0.0660 e. The van der Waals surface area contributed by atoms with Crippen LogP contribution in [-0.2, 0) is 6.54 Å². The van der Waals surface area contributed by atoms with Crippen LogP contribution in [0.5, 0.6) is 0 Å². The highest BCUT2D eigenvalue weighted by Gasteiger charge is 1.96. The number of aromatic nitrogens is 2. The number of anilines is 1. The van der Waals surface area contributed by atoms with Gasteiger partial charge in [0.1, 0.15) is 0 Å². The van der Waals surface area contributed by atoms with Crippen molar-refractivity contribution in [2.75, 3.05) is 5.73 Å². The van der Waals surface area contributed by atoms with Crippen molar-refractivity contribution in [2.45, 2.75) is 13.5 Å². The molecular formula is C11H13N3. The van der Waals surface area contributed by atoms with Crippen LogP contribution in [0.25, 0.3) is 0 Å². The second kappa shape index (κ2) is 3.54. The molecule has 0 saturated carbocycles. The van der Waals surface area contributed by atoms with Gasteiger partial charge in [-0.05, 0) is 30.7 Å². The molecule has 72 valence electrons. The first-order valence-corrected chi connectivity index (χ1v) is 4.58. The van der Waals surface area contributed by atoms with Crippen LogP contribution >= 0.6 is 0 Å². The minimum absolute atomic E-state index is 0.777. The molecule has 2 rings (SSSR count). The van der Waals surface area contributed by atoms with Crippen molar-refractivity contribution in [3.8, 4) is 0 Å². The fraction of sp³-hybridized carbons (Fsp3) is 0.182. The Hall–Kier alpha value is -1.77. The molecule has 0 unspecified atom stereocenters. The fourth-order valence-corrected chi connectivity index (χ4v) is 1.43. The fourth-order valence-electron chi connectivity index (χ4n) is 1.43. The predicted molar refractivity (Wildman–Crippen MR) is 56.9 cm³/mol. The van der Waals surface area contributed by atoms with Gasteiger partial charge in [-0.3, -0.25) is 4.68 Å². The third kappa shape index (κ3) is 1.93. The minimum atomic E-state index is 0.777. The highest BCUT2D eigenvalue weighted by molar-refractivity contribution is 5.40. The number of hydrogen-bond acceptors (Lipinski definition) is 2. The van der Waals surface area contributed by atoms with Crippen LogP contribution in [0.1, 0.15) is 11.3 Å². The molecule has 2 aromatic rings. The lowest BCUT2D eigenvalue weighted by atomic mass is 10.2. The van der Waals surface area contributed by atoms with Crippen molar-refractivity contribution < 1.29 is 0 Å². The third-order valence-corrected chi connectivity index (χ3v) is 2.07. The van der Waals surface area contributed by atoms with Gasteiger partial charge in [-0.15, -0.1) is 0 Å². The number of hydrogen-bond donors (Lipinski definition) is 1. The van der Waals surface area contributed by atoms with E-state index in [1.165, 1.54) is 5.56 Å². The molecule has 1 aromatic heterocycles. The van der Waals surface area contributed by atoms with E-state index in [1.54, 1.807) is 0 Å². The summed E-state index contributed by atoms with van der Waals surface area (Å²) in [6.07, 6.45) is 1.97. The van der Waals surface area contributed by atoms with Gasteiger partial charge in [0.2, 0.25) is 0 Å². The molecule has 0 aliphatic heterocycles. The van der Waals surface area contributed by atoms with E-state index in [9.17, 15) is 0 Å². The van der Waals surface area contributed by atoms with E-state index in [0.717, 1.165) is 17.9 Å².